The highest BCUT2D eigenvalue weighted by Crippen LogP contribution is 2.36. The zero-order chi connectivity index (χ0) is 11.7. The monoisotopic (exact) mass is 220 g/mol. The van der Waals surface area contributed by atoms with Crippen molar-refractivity contribution in [2.45, 2.75) is 13.8 Å². The molecule has 84 valence electrons. The number of rotatable bonds is 1. The van der Waals surface area contributed by atoms with E-state index in [9.17, 15) is 9.59 Å². The summed E-state index contributed by atoms with van der Waals surface area (Å²) in [5.41, 5.74) is 2.12. The van der Waals surface area contributed by atoms with E-state index in [0.717, 1.165) is 5.56 Å². The number of fused-ring (bicyclic) bond motifs is 1. The first-order valence-corrected chi connectivity index (χ1v) is 4.91. The van der Waals surface area contributed by atoms with Gasteiger partial charge in [0.2, 0.25) is 5.91 Å². The Labute approximate surface area is 92.8 Å². The molecular weight excluding hydrogens is 208 g/mol. The van der Waals surface area contributed by atoms with Crippen LogP contribution in [-0.2, 0) is 9.59 Å². The van der Waals surface area contributed by atoms with Crippen molar-refractivity contribution < 1.29 is 14.3 Å². The first-order valence-electron chi connectivity index (χ1n) is 4.91. The number of nitrogens with one attached hydrogen (secondary N) is 2. The zero-order valence-electron chi connectivity index (χ0n) is 9.09. The molecule has 0 aromatic heterocycles. The number of hydrogen-bond acceptors (Lipinski definition) is 3. The highest BCUT2D eigenvalue weighted by Gasteiger charge is 2.20. The molecule has 1 heterocycles. The molecule has 2 amide bonds. The molecule has 0 spiro atoms. The Balaban J connectivity index is 2.45. The average Bonchev–Trinajstić information content (AvgIpc) is 2.15. The van der Waals surface area contributed by atoms with Gasteiger partial charge in [0, 0.05) is 6.92 Å². The Hall–Kier alpha value is -2.04. The van der Waals surface area contributed by atoms with Gasteiger partial charge in [0.1, 0.15) is 0 Å². The van der Waals surface area contributed by atoms with Crippen LogP contribution in [0.25, 0.3) is 0 Å². The van der Waals surface area contributed by atoms with Crippen LogP contribution in [0, 0.1) is 6.92 Å². The number of amides is 2. The van der Waals surface area contributed by atoms with E-state index in [1.54, 1.807) is 12.1 Å². The van der Waals surface area contributed by atoms with Gasteiger partial charge >= 0.3 is 0 Å². The van der Waals surface area contributed by atoms with E-state index in [-0.39, 0.29) is 18.4 Å². The van der Waals surface area contributed by atoms with E-state index in [1.165, 1.54) is 6.92 Å². The smallest absolute Gasteiger partial charge is 0.262 e. The van der Waals surface area contributed by atoms with Crippen molar-refractivity contribution in [2.75, 3.05) is 17.2 Å². The highest BCUT2D eigenvalue weighted by atomic mass is 16.5. The maximum absolute atomic E-state index is 11.1. The fourth-order valence-electron chi connectivity index (χ4n) is 1.63. The van der Waals surface area contributed by atoms with E-state index >= 15 is 0 Å². The standard InChI is InChI=1S/C11H12N2O3/c1-6-3-8(12-7(2)14)11-9(4-6)13-10(15)5-16-11/h3-4H,5H2,1-2H3,(H,12,14)(H,13,15). The maximum atomic E-state index is 11.1. The molecule has 0 aliphatic carbocycles. The molecule has 1 aromatic rings. The van der Waals surface area contributed by atoms with Crippen LogP contribution in [0.5, 0.6) is 5.75 Å². The third-order valence-corrected chi connectivity index (χ3v) is 2.17. The van der Waals surface area contributed by atoms with E-state index < -0.39 is 0 Å². The number of anilines is 2. The van der Waals surface area contributed by atoms with Crippen LogP contribution in [0.1, 0.15) is 12.5 Å². The lowest BCUT2D eigenvalue weighted by Gasteiger charge is -2.21. The first kappa shape index (κ1) is 10.5. The summed E-state index contributed by atoms with van der Waals surface area (Å²) in [5, 5.41) is 5.37. The molecule has 5 heteroatoms. The molecule has 1 aromatic carbocycles. The van der Waals surface area contributed by atoms with Crippen molar-refractivity contribution >= 4 is 23.2 Å². The number of hydrogen-bond donors (Lipinski definition) is 2. The molecule has 1 aliphatic rings. The molecule has 2 rings (SSSR count). The lowest BCUT2D eigenvalue weighted by Crippen LogP contribution is -2.26. The minimum absolute atomic E-state index is 0.0252. The fourth-order valence-corrected chi connectivity index (χ4v) is 1.63. The number of ether oxygens (including phenoxy) is 1. The summed E-state index contributed by atoms with van der Waals surface area (Å²) in [6, 6.07) is 3.61. The predicted octanol–water partition coefficient (Wildman–Crippen LogP) is 1.28. The van der Waals surface area contributed by atoms with Gasteiger partial charge in [-0.3, -0.25) is 9.59 Å². The van der Waals surface area contributed by atoms with Crippen molar-refractivity contribution in [3.63, 3.8) is 0 Å². The Morgan fingerprint density at radius 3 is 2.94 bits per heavy atom. The van der Waals surface area contributed by atoms with Gasteiger partial charge in [0.05, 0.1) is 11.4 Å². The number of carbonyl (C=O) groups excluding carboxylic acids is 2. The predicted molar refractivity (Wildman–Crippen MR) is 59.6 cm³/mol. The number of aryl methyl sites for hydroxylation is 1. The third kappa shape index (κ3) is 1.98. The zero-order valence-corrected chi connectivity index (χ0v) is 9.09. The summed E-state index contributed by atoms with van der Waals surface area (Å²) >= 11 is 0. The second-order valence-corrected chi connectivity index (χ2v) is 3.71. The van der Waals surface area contributed by atoms with Crippen molar-refractivity contribution in [1.29, 1.82) is 0 Å². The van der Waals surface area contributed by atoms with Gasteiger partial charge in [-0.25, -0.2) is 0 Å². The van der Waals surface area contributed by atoms with Crippen LogP contribution in [0.15, 0.2) is 12.1 Å². The van der Waals surface area contributed by atoms with Crippen LogP contribution in [0.2, 0.25) is 0 Å². The Kier molecular flexibility index (Phi) is 2.52. The van der Waals surface area contributed by atoms with Crippen molar-refractivity contribution in [1.82, 2.24) is 0 Å². The Morgan fingerprint density at radius 1 is 1.50 bits per heavy atom. The van der Waals surface area contributed by atoms with Gasteiger partial charge in [0.15, 0.2) is 12.4 Å². The summed E-state index contributed by atoms with van der Waals surface area (Å²) < 4.78 is 5.30. The van der Waals surface area contributed by atoms with E-state index in [4.69, 9.17) is 4.74 Å². The van der Waals surface area contributed by atoms with Crippen LogP contribution in [-0.4, -0.2) is 18.4 Å². The molecule has 2 N–H and O–H groups in total. The number of carbonyl (C=O) groups is 2. The quantitative estimate of drug-likeness (QED) is 0.749. The maximum Gasteiger partial charge on any atom is 0.262 e. The van der Waals surface area contributed by atoms with Crippen LogP contribution in [0.4, 0.5) is 11.4 Å². The summed E-state index contributed by atoms with van der Waals surface area (Å²) in [4.78, 5) is 22.2. The van der Waals surface area contributed by atoms with Crippen LogP contribution in [0.3, 0.4) is 0 Å². The molecular formula is C11H12N2O3. The second kappa shape index (κ2) is 3.84. The highest BCUT2D eigenvalue weighted by molar-refractivity contribution is 5.99. The van der Waals surface area contributed by atoms with E-state index in [0.29, 0.717) is 17.1 Å². The average molecular weight is 220 g/mol. The lowest BCUT2D eigenvalue weighted by molar-refractivity contribution is -0.118. The molecule has 0 atom stereocenters. The third-order valence-electron chi connectivity index (χ3n) is 2.17. The minimum Gasteiger partial charge on any atom is -0.479 e. The van der Waals surface area contributed by atoms with Gasteiger partial charge < -0.3 is 15.4 Å². The Bertz CT molecular complexity index is 469. The van der Waals surface area contributed by atoms with Gasteiger partial charge in [-0.1, -0.05) is 0 Å². The summed E-state index contributed by atoms with van der Waals surface area (Å²) in [7, 11) is 0. The van der Waals surface area contributed by atoms with Gasteiger partial charge in [0.25, 0.3) is 5.91 Å². The lowest BCUT2D eigenvalue weighted by atomic mass is 10.1. The number of benzene rings is 1. The van der Waals surface area contributed by atoms with Crippen molar-refractivity contribution in [3.8, 4) is 5.75 Å². The first-order chi connectivity index (χ1) is 7.56. The summed E-state index contributed by atoms with van der Waals surface area (Å²) in [5.74, 6) is 0.153. The molecule has 1 aliphatic heterocycles. The molecule has 0 unspecified atom stereocenters. The largest absolute Gasteiger partial charge is 0.479 e. The summed E-state index contributed by atoms with van der Waals surface area (Å²) in [6.45, 7) is 3.28. The van der Waals surface area contributed by atoms with Crippen LogP contribution < -0.4 is 15.4 Å². The molecule has 5 nitrogen and oxygen atoms in total. The van der Waals surface area contributed by atoms with Gasteiger partial charge in [-0.15, -0.1) is 0 Å². The van der Waals surface area contributed by atoms with Crippen molar-refractivity contribution in [2.24, 2.45) is 0 Å². The second-order valence-electron chi connectivity index (χ2n) is 3.71. The SMILES string of the molecule is CC(=O)Nc1cc(C)cc2c1OCC(=O)N2. The van der Waals surface area contributed by atoms with Crippen molar-refractivity contribution in [3.05, 3.63) is 17.7 Å². The fraction of sp³-hybridized carbons (Fsp3) is 0.273. The van der Waals surface area contributed by atoms with Gasteiger partial charge in [-0.05, 0) is 24.6 Å². The molecule has 0 fully saturated rings. The van der Waals surface area contributed by atoms with E-state index in [2.05, 4.69) is 10.6 Å². The summed E-state index contributed by atoms with van der Waals surface area (Å²) in [6.07, 6.45) is 0. The molecule has 16 heavy (non-hydrogen) atoms. The van der Waals surface area contributed by atoms with Gasteiger partial charge in [-0.2, -0.15) is 0 Å². The normalized spacial score (nSPS) is 13.5. The Morgan fingerprint density at radius 2 is 2.25 bits per heavy atom. The topological polar surface area (TPSA) is 67.4 Å². The molecule has 0 saturated heterocycles. The van der Waals surface area contributed by atoms with E-state index in [1.807, 2.05) is 6.92 Å². The molecule has 0 saturated carbocycles. The van der Waals surface area contributed by atoms with Crippen LogP contribution >= 0.6 is 0 Å². The molecule has 0 radical (unpaired) electrons. The minimum atomic E-state index is -0.188. The molecule has 0 bridgehead atoms.